The van der Waals surface area contributed by atoms with E-state index in [1.54, 1.807) is 10.9 Å². The third kappa shape index (κ3) is 3.19. The molecule has 1 saturated heterocycles. The van der Waals surface area contributed by atoms with E-state index in [-0.39, 0.29) is 5.91 Å². The molecular formula is C25H28N6O. The van der Waals surface area contributed by atoms with Crippen LogP contribution >= 0.6 is 0 Å². The molecule has 0 bridgehead atoms. The fourth-order valence-electron chi connectivity index (χ4n) is 5.77. The lowest BCUT2D eigenvalue weighted by Crippen LogP contribution is -2.32. The number of carbonyl (C=O) groups excluding carboxylic acids is 1. The highest BCUT2D eigenvalue weighted by atomic mass is 16.1. The normalized spacial score (nSPS) is 23.6. The number of carbonyl (C=O) groups is 1. The number of aromatic nitrogens is 4. The van der Waals surface area contributed by atoms with E-state index in [1.165, 1.54) is 32.1 Å². The first-order valence-corrected chi connectivity index (χ1v) is 11.5. The second-order valence-electron chi connectivity index (χ2n) is 9.37. The Labute approximate surface area is 187 Å². The molecule has 6 rings (SSSR count). The van der Waals surface area contributed by atoms with Gasteiger partial charge in [0.2, 0.25) is 0 Å². The highest BCUT2D eigenvalue weighted by Gasteiger charge is 2.41. The van der Waals surface area contributed by atoms with Crippen LogP contribution in [0, 0.1) is 5.92 Å². The SMILES string of the molecule is CN1C2CCCCC2C[C@H]1c1cn2cc(NC(=O)c3ccc4c(cnn4C)c3)ccc2n1. The summed E-state index contributed by atoms with van der Waals surface area (Å²) >= 11 is 0. The van der Waals surface area contributed by atoms with E-state index in [9.17, 15) is 4.79 Å². The second kappa shape index (κ2) is 7.45. The maximum atomic E-state index is 12.8. The molecule has 32 heavy (non-hydrogen) atoms. The van der Waals surface area contributed by atoms with Crippen LogP contribution in [0.3, 0.4) is 0 Å². The van der Waals surface area contributed by atoms with E-state index < -0.39 is 0 Å². The number of hydrogen-bond donors (Lipinski definition) is 1. The Morgan fingerprint density at radius 2 is 1.97 bits per heavy atom. The van der Waals surface area contributed by atoms with Crippen LogP contribution in [0.5, 0.6) is 0 Å². The van der Waals surface area contributed by atoms with Crippen molar-refractivity contribution < 1.29 is 4.79 Å². The quantitative estimate of drug-likeness (QED) is 0.525. The van der Waals surface area contributed by atoms with E-state index in [0.717, 1.165) is 33.8 Å². The number of anilines is 1. The number of pyridine rings is 1. The Bertz CT molecular complexity index is 1320. The van der Waals surface area contributed by atoms with Gasteiger partial charge in [0.1, 0.15) is 5.65 Å². The molecule has 4 heterocycles. The van der Waals surface area contributed by atoms with Gasteiger partial charge in [-0.05, 0) is 62.6 Å². The number of imidazole rings is 1. The molecule has 3 aromatic heterocycles. The van der Waals surface area contributed by atoms with E-state index >= 15 is 0 Å². The van der Waals surface area contributed by atoms with Gasteiger partial charge in [-0.3, -0.25) is 14.4 Å². The minimum atomic E-state index is -0.130. The number of likely N-dealkylation sites (tertiary alicyclic amines) is 1. The van der Waals surface area contributed by atoms with Crippen molar-refractivity contribution >= 4 is 28.1 Å². The molecule has 1 aliphatic carbocycles. The summed E-state index contributed by atoms with van der Waals surface area (Å²) in [6.45, 7) is 0. The lowest BCUT2D eigenvalue weighted by molar-refractivity contribution is 0.102. The summed E-state index contributed by atoms with van der Waals surface area (Å²) in [4.78, 5) is 20.3. The van der Waals surface area contributed by atoms with Gasteiger partial charge in [-0.25, -0.2) is 4.98 Å². The van der Waals surface area contributed by atoms with Crippen LogP contribution in [-0.4, -0.2) is 43.1 Å². The number of aryl methyl sites for hydroxylation is 1. The van der Waals surface area contributed by atoms with E-state index in [2.05, 4.69) is 28.6 Å². The molecule has 0 spiro atoms. The van der Waals surface area contributed by atoms with Crippen LogP contribution in [-0.2, 0) is 7.05 Å². The van der Waals surface area contributed by atoms with Gasteiger partial charge in [0.25, 0.3) is 5.91 Å². The molecule has 7 heteroatoms. The van der Waals surface area contributed by atoms with Crippen molar-refractivity contribution in [1.29, 1.82) is 0 Å². The average Bonchev–Trinajstić information content (AvgIpc) is 3.49. The van der Waals surface area contributed by atoms with Gasteiger partial charge in [-0.15, -0.1) is 0 Å². The van der Waals surface area contributed by atoms with Crippen molar-refractivity contribution in [3.8, 4) is 0 Å². The monoisotopic (exact) mass is 428 g/mol. The van der Waals surface area contributed by atoms with Crippen LogP contribution in [0.4, 0.5) is 5.69 Å². The van der Waals surface area contributed by atoms with E-state index in [0.29, 0.717) is 17.6 Å². The van der Waals surface area contributed by atoms with Crippen LogP contribution in [0.25, 0.3) is 16.6 Å². The molecule has 7 nitrogen and oxygen atoms in total. The van der Waals surface area contributed by atoms with Crippen molar-refractivity contribution in [1.82, 2.24) is 24.1 Å². The van der Waals surface area contributed by atoms with Gasteiger partial charge < -0.3 is 9.72 Å². The summed E-state index contributed by atoms with van der Waals surface area (Å²) in [5, 5.41) is 8.23. The summed E-state index contributed by atoms with van der Waals surface area (Å²) in [5.41, 5.74) is 4.43. The largest absolute Gasteiger partial charge is 0.321 e. The number of rotatable bonds is 3. The van der Waals surface area contributed by atoms with Gasteiger partial charge in [0.15, 0.2) is 0 Å². The Hall–Kier alpha value is -3.19. The van der Waals surface area contributed by atoms with Crippen molar-refractivity contribution in [3.63, 3.8) is 0 Å². The van der Waals surface area contributed by atoms with Gasteiger partial charge in [0.05, 0.1) is 29.1 Å². The molecule has 3 atom stereocenters. The molecule has 164 valence electrons. The third-order valence-corrected chi connectivity index (χ3v) is 7.49. The molecule has 2 unspecified atom stereocenters. The molecule has 1 saturated carbocycles. The second-order valence-corrected chi connectivity index (χ2v) is 9.37. The smallest absolute Gasteiger partial charge is 0.255 e. The number of benzene rings is 1. The van der Waals surface area contributed by atoms with Crippen LogP contribution in [0.1, 0.15) is 54.2 Å². The highest BCUT2D eigenvalue weighted by Crippen LogP contribution is 2.44. The average molecular weight is 429 g/mol. The molecule has 1 amide bonds. The minimum Gasteiger partial charge on any atom is -0.321 e. The summed E-state index contributed by atoms with van der Waals surface area (Å²) < 4.78 is 3.84. The zero-order chi connectivity index (χ0) is 21.8. The summed E-state index contributed by atoms with van der Waals surface area (Å²) in [6, 6.07) is 10.6. The topological polar surface area (TPSA) is 67.5 Å². The molecular weight excluding hydrogens is 400 g/mol. The first-order chi connectivity index (χ1) is 15.6. The van der Waals surface area contributed by atoms with Gasteiger partial charge >= 0.3 is 0 Å². The number of amides is 1. The first-order valence-electron chi connectivity index (χ1n) is 11.5. The standard InChI is InChI=1S/C25H28N6O/c1-29-21-6-4-3-5-16(21)12-23(29)20-15-31-14-19(8-10-24(31)28-20)27-25(32)17-7-9-22-18(11-17)13-26-30(22)2/h7-11,13-16,21,23H,3-6,12H2,1-2H3,(H,27,32)/t16?,21?,23-/m0/s1. The Kier molecular flexibility index (Phi) is 4.54. The Balaban J connectivity index is 1.23. The molecule has 0 radical (unpaired) electrons. The molecule has 2 fully saturated rings. The number of fused-ring (bicyclic) bond motifs is 3. The maximum absolute atomic E-state index is 12.8. The summed E-state index contributed by atoms with van der Waals surface area (Å²) in [5.74, 6) is 0.672. The van der Waals surface area contributed by atoms with Crippen molar-refractivity contribution in [3.05, 3.63) is 60.2 Å². The fourth-order valence-corrected chi connectivity index (χ4v) is 5.77. The molecule has 2 aliphatic rings. The maximum Gasteiger partial charge on any atom is 0.255 e. The van der Waals surface area contributed by atoms with Crippen molar-refractivity contribution in [2.75, 3.05) is 12.4 Å². The van der Waals surface area contributed by atoms with E-state index in [1.807, 2.05) is 48.0 Å². The number of nitrogens with one attached hydrogen (secondary N) is 1. The first kappa shape index (κ1) is 19.5. The number of hydrogen-bond acceptors (Lipinski definition) is 4. The number of nitrogens with zero attached hydrogens (tertiary/aromatic N) is 5. The van der Waals surface area contributed by atoms with Crippen LogP contribution < -0.4 is 5.32 Å². The zero-order valence-electron chi connectivity index (χ0n) is 18.5. The van der Waals surface area contributed by atoms with Crippen molar-refractivity contribution in [2.24, 2.45) is 13.0 Å². The molecule has 1 aromatic carbocycles. The minimum absolute atomic E-state index is 0.130. The molecule has 1 aliphatic heterocycles. The van der Waals surface area contributed by atoms with Gasteiger partial charge in [-0.2, -0.15) is 5.10 Å². The Morgan fingerprint density at radius 1 is 1.09 bits per heavy atom. The molecule has 1 N–H and O–H groups in total. The fraction of sp³-hybridized carbons (Fsp3) is 0.400. The predicted octanol–water partition coefficient (Wildman–Crippen LogP) is 4.41. The zero-order valence-corrected chi connectivity index (χ0v) is 18.5. The lowest BCUT2D eigenvalue weighted by atomic mass is 9.84. The Morgan fingerprint density at radius 3 is 2.84 bits per heavy atom. The van der Waals surface area contributed by atoms with Crippen LogP contribution in [0.2, 0.25) is 0 Å². The van der Waals surface area contributed by atoms with E-state index in [4.69, 9.17) is 4.98 Å². The third-order valence-electron chi connectivity index (χ3n) is 7.49. The predicted molar refractivity (Wildman–Crippen MR) is 125 cm³/mol. The summed E-state index contributed by atoms with van der Waals surface area (Å²) in [6.07, 6.45) is 12.4. The van der Waals surface area contributed by atoms with Gasteiger partial charge in [0, 0.05) is 36.4 Å². The molecule has 4 aromatic rings. The van der Waals surface area contributed by atoms with Gasteiger partial charge in [-0.1, -0.05) is 12.8 Å². The highest BCUT2D eigenvalue weighted by molar-refractivity contribution is 6.06. The van der Waals surface area contributed by atoms with Crippen LogP contribution in [0.15, 0.2) is 48.9 Å². The summed E-state index contributed by atoms with van der Waals surface area (Å²) in [7, 11) is 4.16. The van der Waals surface area contributed by atoms with Crippen molar-refractivity contribution in [2.45, 2.75) is 44.2 Å². The lowest BCUT2D eigenvalue weighted by Gasteiger charge is -2.30.